The highest BCUT2D eigenvalue weighted by Crippen LogP contribution is 2.33. The average molecular weight is 228 g/mol. The van der Waals surface area contributed by atoms with Gasteiger partial charge in [0.1, 0.15) is 0 Å². The summed E-state index contributed by atoms with van der Waals surface area (Å²) in [6.07, 6.45) is 5.05. The van der Waals surface area contributed by atoms with E-state index in [0.29, 0.717) is 0 Å². The van der Waals surface area contributed by atoms with Crippen molar-refractivity contribution >= 4 is 11.9 Å². The molecule has 0 saturated carbocycles. The van der Waals surface area contributed by atoms with Gasteiger partial charge in [0, 0.05) is 32.2 Å². The van der Waals surface area contributed by atoms with Crippen LogP contribution < -0.4 is 0 Å². The van der Waals surface area contributed by atoms with Crippen LogP contribution in [0.1, 0.15) is 26.7 Å². The van der Waals surface area contributed by atoms with Crippen LogP contribution >= 0.6 is 11.9 Å². The standard InChI is InChI=1S/C12H24N2S/c1-10(2)13-8-12(9-13)11-4-6-14(15-3)7-5-11/h10-12H,4-9H2,1-3H3. The number of rotatable bonds is 3. The summed E-state index contributed by atoms with van der Waals surface area (Å²) in [4.78, 5) is 2.60. The minimum Gasteiger partial charge on any atom is -0.300 e. The molecule has 0 bridgehead atoms. The molecule has 3 heteroatoms. The summed E-state index contributed by atoms with van der Waals surface area (Å²) in [6.45, 7) is 9.97. The van der Waals surface area contributed by atoms with Gasteiger partial charge in [-0.25, -0.2) is 0 Å². The quantitative estimate of drug-likeness (QED) is 0.685. The van der Waals surface area contributed by atoms with Crippen molar-refractivity contribution in [3.63, 3.8) is 0 Å². The molecule has 0 unspecified atom stereocenters. The molecular formula is C12H24N2S. The van der Waals surface area contributed by atoms with Crippen molar-refractivity contribution in [3.05, 3.63) is 0 Å². The number of hydrogen-bond donors (Lipinski definition) is 0. The Balaban J connectivity index is 1.70. The van der Waals surface area contributed by atoms with Crippen LogP contribution in [-0.2, 0) is 0 Å². The molecule has 0 amide bonds. The van der Waals surface area contributed by atoms with Gasteiger partial charge in [-0.15, -0.1) is 0 Å². The van der Waals surface area contributed by atoms with Gasteiger partial charge in [-0.3, -0.25) is 4.31 Å². The van der Waals surface area contributed by atoms with Crippen molar-refractivity contribution in [1.82, 2.24) is 9.21 Å². The molecule has 88 valence electrons. The van der Waals surface area contributed by atoms with Crippen LogP contribution in [0.3, 0.4) is 0 Å². The first kappa shape index (κ1) is 11.7. The molecular weight excluding hydrogens is 204 g/mol. The van der Waals surface area contributed by atoms with Crippen LogP contribution in [0.4, 0.5) is 0 Å². The molecule has 2 heterocycles. The zero-order valence-electron chi connectivity index (χ0n) is 10.3. The highest BCUT2D eigenvalue weighted by Gasteiger charge is 2.35. The molecule has 2 rings (SSSR count). The third-order valence-electron chi connectivity index (χ3n) is 4.09. The normalized spacial score (nSPS) is 27.2. The molecule has 0 radical (unpaired) electrons. The van der Waals surface area contributed by atoms with Crippen LogP contribution in [0.15, 0.2) is 0 Å². The Morgan fingerprint density at radius 2 is 1.67 bits per heavy atom. The fourth-order valence-electron chi connectivity index (χ4n) is 2.80. The van der Waals surface area contributed by atoms with Gasteiger partial charge in [0.05, 0.1) is 0 Å². The van der Waals surface area contributed by atoms with E-state index in [0.717, 1.165) is 17.9 Å². The Labute approximate surface area is 98.5 Å². The lowest BCUT2D eigenvalue weighted by Gasteiger charge is -2.47. The van der Waals surface area contributed by atoms with Crippen LogP contribution in [0.25, 0.3) is 0 Å². The number of hydrogen-bond acceptors (Lipinski definition) is 3. The first-order valence-corrected chi connectivity index (χ1v) is 7.42. The van der Waals surface area contributed by atoms with E-state index >= 15 is 0 Å². The van der Waals surface area contributed by atoms with Crippen LogP contribution in [-0.4, -0.2) is 47.7 Å². The lowest BCUT2D eigenvalue weighted by molar-refractivity contribution is 0.0168. The molecule has 2 saturated heterocycles. The van der Waals surface area contributed by atoms with Crippen LogP contribution in [0, 0.1) is 11.8 Å². The second-order valence-electron chi connectivity index (χ2n) is 5.26. The van der Waals surface area contributed by atoms with E-state index in [4.69, 9.17) is 0 Å². The second-order valence-corrected chi connectivity index (χ2v) is 6.14. The molecule has 15 heavy (non-hydrogen) atoms. The van der Waals surface area contributed by atoms with E-state index in [1.165, 1.54) is 39.0 Å². The van der Waals surface area contributed by atoms with Crippen molar-refractivity contribution in [2.75, 3.05) is 32.4 Å². The maximum absolute atomic E-state index is 2.60. The SMILES string of the molecule is CSN1CCC(C2CN(C(C)C)C2)CC1. The van der Waals surface area contributed by atoms with E-state index in [9.17, 15) is 0 Å². The third kappa shape index (κ3) is 2.69. The Morgan fingerprint density at radius 1 is 1.07 bits per heavy atom. The van der Waals surface area contributed by atoms with Gasteiger partial charge >= 0.3 is 0 Å². The molecule has 0 aromatic rings. The third-order valence-corrected chi connectivity index (χ3v) is 4.97. The van der Waals surface area contributed by atoms with Gasteiger partial charge in [-0.05, 0) is 44.8 Å². The maximum Gasteiger partial charge on any atom is 0.00920 e. The Morgan fingerprint density at radius 3 is 2.13 bits per heavy atom. The summed E-state index contributed by atoms with van der Waals surface area (Å²) in [5.74, 6) is 2.03. The molecule has 2 aliphatic heterocycles. The summed E-state index contributed by atoms with van der Waals surface area (Å²) in [6, 6.07) is 0.757. The van der Waals surface area contributed by atoms with Crippen molar-refractivity contribution in [2.45, 2.75) is 32.7 Å². The molecule has 2 aliphatic rings. The van der Waals surface area contributed by atoms with E-state index in [2.05, 4.69) is 29.3 Å². The van der Waals surface area contributed by atoms with Gasteiger partial charge in [0.25, 0.3) is 0 Å². The zero-order chi connectivity index (χ0) is 10.8. The fraction of sp³-hybridized carbons (Fsp3) is 1.00. The van der Waals surface area contributed by atoms with E-state index < -0.39 is 0 Å². The molecule has 0 N–H and O–H groups in total. The highest BCUT2D eigenvalue weighted by molar-refractivity contribution is 7.96. The van der Waals surface area contributed by atoms with Crippen molar-refractivity contribution in [3.8, 4) is 0 Å². The molecule has 2 nitrogen and oxygen atoms in total. The van der Waals surface area contributed by atoms with E-state index in [1.807, 2.05) is 11.9 Å². The summed E-state index contributed by atoms with van der Waals surface area (Å²) in [5.41, 5.74) is 0. The molecule has 0 aliphatic carbocycles. The first-order valence-electron chi connectivity index (χ1n) is 6.23. The Kier molecular flexibility index (Phi) is 3.97. The summed E-state index contributed by atoms with van der Waals surface area (Å²) in [7, 11) is 0. The van der Waals surface area contributed by atoms with E-state index in [1.54, 1.807) is 0 Å². The van der Waals surface area contributed by atoms with Crippen molar-refractivity contribution < 1.29 is 0 Å². The number of nitrogens with zero attached hydrogens (tertiary/aromatic N) is 2. The largest absolute Gasteiger partial charge is 0.300 e. The zero-order valence-corrected chi connectivity index (χ0v) is 11.1. The molecule has 0 spiro atoms. The predicted octanol–water partition coefficient (Wildman–Crippen LogP) is 2.32. The maximum atomic E-state index is 2.60. The monoisotopic (exact) mass is 228 g/mol. The summed E-state index contributed by atoms with van der Waals surface area (Å²) >= 11 is 1.91. The minimum atomic E-state index is 0.757. The molecule has 2 fully saturated rings. The minimum absolute atomic E-state index is 0.757. The molecule has 0 aromatic heterocycles. The second kappa shape index (κ2) is 5.07. The Bertz CT molecular complexity index is 194. The molecule has 0 aromatic carbocycles. The first-order chi connectivity index (χ1) is 7.20. The highest BCUT2D eigenvalue weighted by atomic mass is 32.2. The van der Waals surface area contributed by atoms with Gasteiger partial charge < -0.3 is 4.90 Å². The Hall–Kier alpha value is 0.270. The van der Waals surface area contributed by atoms with Crippen molar-refractivity contribution in [2.24, 2.45) is 11.8 Å². The van der Waals surface area contributed by atoms with Gasteiger partial charge in [-0.2, -0.15) is 0 Å². The van der Waals surface area contributed by atoms with Crippen LogP contribution in [0.2, 0.25) is 0 Å². The smallest absolute Gasteiger partial charge is 0.00920 e. The summed E-state index contributed by atoms with van der Waals surface area (Å²) < 4.78 is 2.51. The van der Waals surface area contributed by atoms with Crippen molar-refractivity contribution in [1.29, 1.82) is 0 Å². The lowest BCUT2D eigenvalue weighted by atomic mass is 9.79. The summed E-state index contributed by atoms with van der Waals surface area (Å²) in [5, 5.41) is 0. The number of piperidine rings is 1. The fourth-order valence-corrected chi connectivity index (χ4v) is 3.37. The van der Waals surface area contributed by atoms with E-state index in [-0.39, 0.29) is 0 Å². The average Bonchev–Trinajstić information content (AvgIpc) is 2.16. The van der Waals surface area contributed by atoms with Gasteiger partial charge in [0.2, 0.25) is 0 Å². The van der Waals surface area contributed by atoms with Gasteiger partial charge in [-0.1, -0.05) is 11.9 Å². The number of likely N-dealkylation sites (tertiary alicyclic amines) is 1. The van der Waals surface area contributed by atoms with Crippen LogP contribution in [0.5, 0.6) is 0 Å². The lowest BCUT2D eigenvalue weighted by Crippen LogP contribution is -2.54. The van der Waals surface area contributed by atoms with Gasteiger partial charge in [0.15, 0.2) is 0 Å². The topological polar surface area (TPSA) is 6.48 Å². The predicted molar refractivity (Wildman–Crippen MR) is 68.0 cm³/mol. The molecule has 0 atom stereocenters.